The van der Waals surface area contributed by atoms with E-state index in [-0.39, 0.29) is 25.2 Å². The molecule has 0 saturated carbocycles. The van der Waals surface area contributed by atoms with E-state index in [2.05, 4.69) is 11.4 Å². The van der Waals surface area contributed by atoms with Crippen molar-refractivity contribution in [2.24, 2.45) is 0 Å². The summed E-state index contributed by atoms with van der Waals surface area (Å²) in [7, 11) is 0. The molecule has 0 aliphatic heterocycles. The molecule has 0 heterocycles. The Morgan fingerprint density at radius 1 is 1.33 bits per heavy atom. The molecule has 0 bridgehead atoms. The lowest BCUT2D eigenvalue weighted by Crippen LogP contribution is -2.36. The van der Waals surface area contributed by atoms with Crippen LogP contribution >= 0.6 is 0 Å². The van der Waals surface area contributed by atoms with Crippen LogP contribution in [0.2, 0.25) is 0 Å². The third kappa shape index (κ3) is 5.19. The highest BCUT2D eigenvalue weighted by molar-refractivity contribution is 5.77. The highest BCUT2D eigenvalue weighted by Gasteiger charge is 2.07. The number of ether oxygens (including phenoxy) is 1. The van der Waals surface area contributed by atoms with E-state index < -0.39 is 0 Å². The van der Waals surface area contributed by atoms with E-state index in [1.54, 1.807) is 0 Å². The molecule has 0 aliphatic carbocycles. The topological polar surface area (TPSA) is 58.6 Å². The normalized spacial score (nSPS) is 12.0. The molecule has 1 atom stereocenters. The lowest BCUT2D eigenvalue weighted by atomic mass is 10.1. The van der Waals surface area contributed by atoms with E-state index in [0.717, 1.165) is 11.1 Å². The number of carbonyl (C=O) groups is 1. The second-order valence-electron chi connectivity index (χ2n) is 4.59. The Labute approximate surface area is 108 Å². The number of hydrogen-bond acceptors (Lipinski definition) is 3. The van der Waals surface area contributed by atoms with Gasteiger partial charge >= 0.3 is 0 Å². The molecule has 1 unspecified atom stereocenters. The van der Waals surface area contributed by atoms with Crippen LogP contribution in [-0.4, -0.2) is 30.3 Å². The number of hydrogen-bond donors (Lipinski definition) is 2. The molecule has 0 radical (unpaired) electrons. The van der Waals surface area contributed by atoms with Crippen molar-refractivity contribution in [1.82, 2.24) is 5.32 Å². The van der Waals surface area contributed by atoms with Crippen molar-refractivity contribution in [3.8, 4) is 5.75 Å². The Hall–Kier alpha value is -1.55. The Kier molecular flexibility index (Phi) is 5.65. The highest BCUT2D eigenvalue weighted by atomic mass is 16.5. The van der Waals surface area contributed by atoms with E-state index in [1.807, 2.05) is 32.9 Å². The van der Waals surface area contributed by atoms with Gasteiger partial charge in [-0.15, -0.1) is 0 Å². The van der Waals surface area contributed by atoms with Crippen LogP contribution in [0.3, 0.4) is 0 Å². The summed E-state index contributed by atoms with van der Waals surface area (Å²) in [4.78, 5) is 11.6. The average Bonchev–Trinajstić information content (AvgIpc) is 2.25. The number of rotatable bonds is 6. The second kappa shape index (κ2) is 7.01. The molecule has 0 fully saturated rings. The summed E-state index contributed by atoms with van der Waals surface area (Å²) in [6, 6.07) is 5.82. The van der Waals surface area contributed by atoms with E-state index in [0.29, 0.717) is 12.2 Å². The zero-order valence-corrected chi connectivity index (χ0v) is 11.2. The molecule has 4 nitrogen and oxygen atoms in total. The Morgan fingerprint density at radius 3 is 2.50 bits per heavy atom. The van der Waals surface area contributed by atoms with Crippen molar-refractivity contribution in [3.63, 3.8) is 0 Å². The minimum atomic E-state index is -0.171. The van der Waals surface area contributed by atoms with Crippen LogP contribution in [0.25, 0.3) is 0 Å². The smallest absolute Gasteiger partial charge is 0.258 e. The molecule has 0 saturated heterocycles. The first kappa shape index (κ1) is 14.5. The molecule has 100 valence electrons. The number of carbonyl (C=O) groups excluding carboxylic acids is 1. The first-order chi connectivity index (χ1) is 8.51. The van der Waals surface area contributed by atoms with Gasteiger partial charge in [0.1, 0.15) is 5.75 Å². The van der Waals surface area contributed by atoms with Gasteiger partial charge in [-0.1, -0.05) is 6.07 Å². The third-order valence-corrected chi connectivity index (χ3v) is 2.53. The highest BCUT2D eigenvalue weighted by Crippen LogP contribution is 2.15. The van der Waals surface area contributed by atoms with E-state index in [4.69, 9.17) is 9.84 Å². The minimum absolute atomic E-state index is 0.00133. The summed E-state index contributed by atoms with van der Waals surface area (Å²) in [5.74, 6) is 0.535. The molecule has 0 spiro atoms. The molecule has 0 aromatic heterocycles. The molecule has 18 heavy (non-hydrogen) atoms. The summed E-state index contributed by atoms with van der Waals surface area (Å²) in [6.07, 6.45) is 0.551. The number of aryl methyl sites for hydroxylation is 2. The van der Waals surface area contributed by atoms with Crippen LogP contribution < -0.4 is 10.1 Å². The number of nitrogens with one attached hydrogen (secondary N) is 1. The first-order valence-corrected chi connectivity index (χ1v) is 6.12. The zero-order chi connectivity index (χ0) is 13.5. The predicted molar refractivity (Wildman–Crippen MR) is 70.7 cm³/mol. The monoisotopic (exact) mass is 251 g/mol. The lowest BCUT2D eigenvalue weighted by Gasteiger charge is -2.13. The van der Waals surface area contributed by atoms with Gasteiger partial charge in [-0.3, -0.25) is 4.79 Å². The van der Waals surface area contributed by atoms with Gasteiger partial charge in [0.05, 0.1) is 0 Å². The van der Waals surface area contributed by atoms with Crippen molar-refractivity contribution < 1.29 is 14.6 Å². The van der Waals surface area contributed by atoms with Crippen molar-refractivity contribution >= 4 is 5.91 Å². The standard InChI is InChI=1S/C14H21NO3/c1-10-6-11(2)8-13(7-10)18-9-14(17)15-12(3)4-5-16/h6-8,12,16H,4-5,9H2,1-3H3,(H,15,17). The molecular formula is C14H21NO3. The van der Waals surface area contributed by atoms with Gasteiger partial charge < -0.3 is 15.2 Å². The minimum Gasteiger partial charge on any atom is -0.484 e. The van der Waals surface area contributed by atoms with Gasteiger partial charge in [-0.05, 0) is 50.5 Å². The van der Waals surface area contributed by atoms with Gasteiger partial charge in [0.25, 0.3) is 5.91 Å². The number of amides is 1. The fraction of sp³-hybridized carbons (Fsp3) is 0.500. The molecule has 1 rings (SSSR count). The average molecular weight is 251 g/mol. The molecule has 1 amide bonds. The third-order valence-electron chi connectivity index (χ3n) is 2.53. The van der Waals surface area contributed by atoms with Crippen LogP contribution in [0.15, 0.2) is 18.2 Å². The fourth-order valence-corrected chi connectivity index (χ4v) is 1.75. The fourth-order valence-electron chi connectivity index (χ4n) is 1.75. The van der Waals surface area contributed by atoms with Crippen molar-refractivity contribution in [3.05, 3.63) is 29.3 Å². The Balaban J connectivity index is 2.42. The number of aliphatic hydroxyl groups is 1. The zero-order valence-electron chi connectivity index (χ0n) is 11.2. The van der Waals surface area contributed by atoms with E-state index >= 15 is 0 Å². The van der Waals surface area contributed by atoms with Crippen LogP contribution in [0.5, 0.6) is 5.75 Å². The van der Waals surface area contributed by atoms with Gasteiger partial charge in [0.2, 0.25) is 0 Å². The van der Waals surface area contributed by atoms with E-state index in [1.165, 1.54) is 0 Å². The quantitative estimate of drug-likeness (QED) is 0.807. The van der Waals surface area contributed by atoms with Crippen LogP contribution in [0, 0.1) is 13.8 Å². The van der Waals surface area contributed by atoms with Gasteiger partial charge in [0.15, 0.2) is 6.61 Å². The van der Waals surface area contributed by atoms with Gasteiger partial charge in [0, 0.05) is 12.6 Å². The molecule has 4 heteroatoms. The molecule has 1 aromatic carbocycles. The Bertz CT molecular complexity index is 384. The number of benzene rings is 1. The predicted octanol–water partition coefficient (Wildman–Crippen LogP) is 1.57. The van der Waals surface area contributed by atoms with Crippen molar-refractivity contribution in [2.75, 3.05) is 13.2 Å². The summed E-state index contributed by atoms with van der Waals surface area (Å²) in [5.41, 5.74) is 2.22. The first-order valence-electron chi connectivity index (χ1n) is 6.12. The van der Waals surface area contributed by atoms with Crippen LogP contribution in [0.1, 0.15) is 24.5 Å². The maximum Gasteiger partial charge on any atom is 0.258 e. The summed E-state index contributed by atoms with van der Waals surface area (Å²) >= 11 is 0. The van der Waals surface area contributed by atoms with Crippen molar-refractivity contribution in [2.45, 2.75) is 33.2 Å². The van der Waals surface area contributed by atoms with Crippen molar-refractivity contribution in [1.29, 1.82) is 0 Å². The maximum atomic E-state index is 11.6. The summed E-state index contributed by atoms with van der Waals surface area (Å²) in [5, 5.41) is 11.5. The maximum absolute atomic E-state index is 11.6. The second-order valence-corrected chi connectivity index (χ2v) is 4.59. The molecule has 1 aromatic rings. The SMILES string of the molecule is Cc1cc(C)cc(OCC(=O)NC(C)CCO)c1. The molecular weight excluding hydrogens is 230 g/mol. The lowest BCUT2D eigenvalue weighted by molar-refractivity contribution is -0.123. The summed E-state index contributed by atoms with van der Waals surface area (Å²) in [6.45, 7) is 5.90. The van der Waals surface area contributed by atoms with Gasteiger partial charge in [-0.25, -0.2) is 0 Å². The van der Waals surface area contributed by atoms with Gasteiger partial charge in [-0.2, -0.15) is 0 Å². The molecule has 2 N–H and O–H groups in total. The van der Waals surface area contributed by atoms with Crippen LogP contribution in [-0.2, 0) is 4.79 Å². The molecule has 0 aliphatic rings. The number of aliphatic hydroxyl groups excluding tert-OH is 1. The Morgan fingerprint density at radius 2 is 1.94 bits per heavy atom. The summed E-state index contributed by atoms with van der Waals surface area (Å²) < 4.78 is 5.43. The van der Waals surface area contributed by atoms with Crippen LogP contribution in [0.4, 0.5) is 0 Å². The largest absolute Gasteiger partial charge is 0.484 e. The van der Waals surface area contributed by atoms with E-state index in [9.17, 15) is 4.79 Å².